The Bertz CT molecular complexity index is 1290. The van der Waals surface area contributed by atoms with Crippen LogP contribution >= 0.6 is 0 Å². The highest BCUT2D eigenvalue weighted by Crippen LogP contribution is 2.45. The fourth-order valence-electron chi connectivity index (χ4n) is 4.17. The number of hydrogen-bond acceptors (Lipinski definition) is 7. The van der Waals surface area contributed by atoms with Crippen molar-refractivity contribution in [1.82, 2.24) is 25.6 Å². The number of H-pyrrole nitrogens is 2. The molecule has 0 aliphatic heterocycles. The predicted molar refractivity (Wildman–Crippen MR) is 112 cm³/mol. The van der Waals surface area contributed by atoms with Crippen molar-refractivity contribution < 1.29 is 19.7 Å². The molecule has 0 fully saturated rings. The van der Waals surface area contributed by atoms with E-state index in [0.717, 1.165) is 27.7 Å². The quantitative estimate of drug-likeness (QED) is 0.388. The maximum atomic E-state index is 13.4. The number of fused-ring (bicyclic) bond motifs is 4. The number of ketones is 1. The number of carbonyl (C=O) groups is 1. The molecule has 1 aliphatic carbocycles. The minimum Gasteiger partial charge on any atom is -0.491 e. The van der Waals surface area contributed by atoms with E-state index in [9.17, 15) is 9.90 Å². The summed E-state index contributed by atoms with van der Waals surface area (Å²) in [6.07, 6.45) is -0.959. The molecule has 9 heteroatoms. The number of nitrogens with zero attached hydrogens (tertiary/aromatic N) is 3. The molecule has 0 unspecified atom stereocenters. The maximum Gasteiger partial charge on any atom is 0.204 e. The number of ether oxygens (including phenoxy) is 1. The maximum absolute atomic E-state index is 13.4. The van der Waals surface area contributed by atoms with E-state index in [-0.39, 0.29) is 19.0 Å². The Kier molecular flexibility index (Phi) is 4.38. The van der Waals surface area contributed by atoms with Gasteiger partial charge in [0, 0.05) is 33.1 Å². The van der Waals surface area contributed by atoms with Gasteiger partial charge in [-0.15, -0.1) is 10.2 Å². The van der Waals surface area contributed by atoms with Gasteiger partial charge in [0.25, 0.3) is 0 Å². The number of tetrazole rings is 1. The van der Waals surface area contributed by atoms with Crippen molar-refractivity contribution in [3.05, 3.63) is 58.8 Å². The molecule has 2 aromatic carbocycles. The lowest BCUT2D eigenvalue weighted by Gasteiger charge is -2.32. The molecule has 4 aromatic rings. The fraction of sp³-hybridized carbons (Fsp3) is 0.273. The van der Waals surface area contributed by atoms with E-state index in [1.165, 1.54) is 0 Å². The summed E-state index contributed by atoms with van der Waals surface area (Å²) >= 11 is 0. The molecule has 2 heterocycles. The smallest absolute Gasteiger partial charge is 0.204 e. The largest absolute Gasteiger partial charge is 0.491 e. The highest BCUT2D eigenvalue weighted by Gasteiger charge is 2.39. The third kappa shape index (κ3) is 3.01. The van der Waals surface area contributed by atoms with Crippen molar-refractivity contribution in [3.63, 3.8) is 0 Å². The first-order valence-electron chi connectivity index (χ1n) is 9.91. The topological polar surface area (TPSA) is 137 Å². The third-order valence-corrected chi connectivity index (χ3v) is 5.82. The normalized spacial score (nSPS) is 15.5. The molecule has 0 radical (unpaired) electrons. The highest BCUT2D eigenvalue weighted by atomic mass is 16.5. The number of aliphatic hydroxyl groups excluding tert-OH is 2. The number of hydrogen-bond donors (Lipinski definition) is 4. The van der Waals surface area contributed by atoms with Gasteiger partial charge in [0.1, 0.15) is 18.5 Å². The standard InChI is InChI=1S/C22H21N5O4/c1-22(2)16-8-13(31-10-12(29)9-28)4-6-14(16)19(30)18-15-5-3-11(21-24-26-27-25-21)7-17(15)23-20(18)22/h3-8,12,23,28-29H,9-10H2,1-2H3,(H,24,25,26,27)/t12-/m1/s1. The van der Waals surface area contributed by atoms with Crippen LogP contribution in [0.5, 0.6) is 5.75 Å². The minimum atomic E-state index is -0.959. The van der Waals surface area contributed by atoms with Crippen molar-refractivity contribution in [1.29, 1.82) is 0 Å². The molecule has 0 saturated carbocycles. The van der Waals surface area contributed by atoms with E-state index in [1.807, 2.05) is 24.3 Å². The summed E-state index contributed by atoms with van der Waals surface area (Å²) < 4.78 is 5.60. The van der Waals surface area contributed by atoms with Crippen molar-refractivity contribution in [2.75, 3.05) is 13.2 Å². The zero-order chi connectivity index (χ0) is 21.8. The summed E-state index contributed by atoms with van der Waals surface area (Å²) in [6, 6.07) is 11.0. The van der Waals surface area contributed by atoms with Gasteiger partial charge in [-0.3, -0.25) is 4.79 Å². The van der Waals surface area contributed by atoms with E-state index in [1.54, 1.807) is 12.1 Å². The minimum absolute atomic E-state index is 0.0276. The molecular formula is C22H21N5O4. The van der Waals surface area contributed by atoms with Crippen LogP contribution in [-0.4, -0.2) is 60.9 Å². The highest BCUT2D eigenvalue weighted by molar-refractivity contribution is 6.20. The molecule has 1 aliphatic rings. The molecule has 9 nitrogen and oxygen atoms in total. The Morgan fingerprint density at radius 1 is 1.19 bits per heavy atom. The molecule has 31 heavy (non-hydrogen) atoms. The van der Waals surface area contributed by atoms with Crippen molar-refractivity contribution in [2.24, 2.45) is 0 Å². The van der Waals surface area contributed by atoms with Crippen LogP contribution in [0.15, 0.2) is 36.4 Å². The van der Waals surface area contributed by atoms with E-state index >= 15 is 0 Å². The summed E-state index contributed by atoms with van der Waals surface area (Å²) in [5.74, 6) is 0.964. The predicted octanol–water partition coefficient (Wildman–Crippen LogP) is 1.95. The Morgan fingerprint density at radius 2 is 2.03 bits per heavy atom. The third-order valence-electron chi connectivity index (χ3n) is 5.82. The van der Waals surface area contributed by atoms with Crippen LogP contribution < -0.4 is 4.74 Å². The van der Waals surface area contributed by atoms with Crippen LogP contribution in [0.2, 0.25) is 0 Å². The van der Waals surface area contributed by atoms with Crippen LogP contribution in [0.4, 0.5) is 0 Å². The van der Waals surface area contributed by atoms with Gasteiger partial charge < -0.3 is 19.9 Å². The number of rotatable bonds is 5. The van der Waals surface area contributed by atoms with E-state index < -0.39 is 11.5 Å². The summed E-state index contributed by atoms with van der Waals surface area (Å²) in [6.45, 7) is 3.71. The van der Waals surface area contributed by atoms with Crippen LogP contribution in [0.25, 0.3) is 22.3 Å². The molecule has 0 spiro atoms. The molecule has 158 valence electrons. The van der Waals surface area contributed by atoms with Gasteiger partial charge in [-0.25, -0.2) is 0 Å². The average Bonchev–Trinajstić information content (AvgIpc) is 3.44. The van der Waals surface area contributed by atoms with E-state index in [0.29, 0.717) is 22.7 Å². The Morgan fingerprint density at radius 3 is 2.77 bits per heavy atom. The number of carbonyl (C=O) groups excluding carboxylic acids is 1. The van der Waals surface area contributed by atoms with Crippen molar-refractivity contribution in [3.8, 4) is 17.1 Å². The molecular weight excluding hydrogens is 398 g/mol. The fourth-order valence-corrected chi connectivity index (χ4v) is 4.17. The van der Waals surface area contributed by atoms with E-state index in [2.05, 4.69) is 39.5 Å². The number of benzene rings is 2. The number of aromatic nitrogens is 5. The van der Waals surface area contributed by atoms with Crippen molar-refractivity contribution in [2.45, 2.75) is 25.4 Å². The number of nitrogens with one attached hydrogen (secondary N) is 2. The van der Waals surface area contributed by atoms with Crippen molar-refractivity contribution >= 4 is 16.7 Å². The molecule has 5 rings (SSSR count). The Labute approximate surface area is 177 Å². The van der Waals surface area contributed by atoms with Gasteiger partial charge in [0.2, 0.25) is 5.82 Å². The van der Waals surface area contributed by atoms with Gasteiger partial charge in [-0.1, -0.05) is 26.0 Å². The summed E-state index contributed by atoms with van der Waals surface area (Å²) in [5, 5.41) is 33.5. The van der Waals surface area contributed by atoms with Crippen LogP contribution in [0.3, 0.4) is 0 Å². The first-order chi connectivity index (χ1) is 14.9. The lowest BCUT2D eigenvalue weighted by atomic mass is 9.71. The lowest BCUT2D eigenvalue weighted by molar-refractivity contribution is 0.0535. The first kappa shape index (κ1) is 19.4. The Hall–Kier alpha value is -3.56. The van der Waals surface area contributed by atoms with Crippen LogP contribution in [-0.2, 0) is 5.41 Å². The number of aliphatic hydroxyl groups is 2. The molecule has 1 atom stereocenters. The molecule has 0 saturated heterocycles. The summed E-state index contributed by atoms with van der Waals surface area (Å²) in [4.78, 5) is 16.9. The second-order valence-corrected chi connectivity index (χ2v) is 8.18. The monoisotopic (exact) mass is 419 g/mol. The lowest BCUT2D eigenvalue weighted by Crippen LogP contribution is -2.30. The van der Waals surface area contributed by atoms with Gasteiger partial charge in [-0.05, 0) is 35.0 Å². The van der Waals surface area contributed by atoms with E-state index in [4.69, 9.17) is 9.84 Å². The van der Waals surface area contributed by atoms with Gasteiger partial charge in [0.05, 0.1) is 12.2 Å². The zero-order valence-electron chi connectivity index (χ0n) is 17.0. The van der Waals surface area contributed by atoms with Gasteiger partial charge in [0.15, 0.2) is 5.78 Å². The van der Waals surface area contributed by atoms with Crippen LogP contribution in [0.1, 0.15) is 41.0 Å². The second kappa shape index (κ2) is 7.00. The number of aromatic amines is 2. The molecule has 0 bridgehead atoms. The zero-order valence-corrected chi connectivity index (χ0v) is 17.0. The summed E-state index contributed by atoms with van der Waals surface area (Å²) in [5.41, 5.74) is 4.08. The Balaban J connectivity index is 1.60. The van der Waals surface area contributed by atoms with Gasteiger partial charge >= 0.3 is 0 Å². The second-order valence-electron chi connectivity index (χ2n) is 8.18. The summed E-state index contributed by atoms with van der Waals surface area (Å²) in [7, 11) is 0. The average molecular weight is 419 g/mol. The molecule has 2 aromatic heterocycles. The molecule has 4 N–H and O–H groups in total. The first-order valence-corrected chi connectivity index (χ1v) is 9.91. The SMILES string of the molecule is CC1(C)c2cc(OC[C@H](O)CO)ccc2C(=O)c2c1[nH]c1cc(-c3nn[nH]n3)ccc21. The van der Waals surface area contributed by atoms with Gasteiger partial charge in [-0.2, -0.15) is 5.21 Å². The van der Waals surface area contributed by atoms with Crippen LogP contribution in [0, 0.1) is 0 Å². The molecule has 0 amide bonds.